The fourth-order valence-electron chi connectivity index (χ4n) is 1.31. The molecule has 0 aliphatic rings. The van der Waals surface area contributed by atoms with E-state index >= 15 is 0 Å². The second-order valence-electron chi connectivity index (χ2n) is 3.84. The van der Waals surface area contributed by atoms with Crippen molar-refractivity contribution >= 4 is 5.97 Å². The van der Waals surface area contributed by atoms with Crippen molar-refractivity contribution in [2.75, 3.05) is 13.7 Å². The van der Waals surface area contributed by atoms with E-state index in [1.165, 1.54) is 7.11 Å². The Balaban J connectivity index is 3.99. The van der Waals surface area contributed by atoms with Gasteiger partial charge in [-0.05, 0) is 19.3 Å². The van der Waals surface area contributed by atoms with Crippen molar-refractivity contribution < 1.29 is 9.53 Å². The number of esters is 1. The first-order chi connectivity index (χ1) is 7.11. The van der Waals surface area contributed by atoms with E-state index in [2.05, 4.69) is 31.0 Å². The van der Waals surface area contributed by atoms with Crippen molar-refractivity contribution in [1.82, 2.24) is 5.32 Å². The van der Waals surface area contributed by atoms with Gasteiger partial charge in [-0.25, -0.2) is 0 Å². The quantitative estimate of drug-likeness (QED) is 0.412. The van der Waals surface area contributed by atoms with Crippen LogP contribution in [0.2, 0.25) is 0 Å². The van der Waals surface area contributed by atoms with Gasteiger partial charge in [-0.3, -0.25) is 4.79 Å². The highest BCUT2D eigenvalue weighted by atomic mass is 16.5. The van der Waals surface area contributed by atoms with Crippen LogP contribution in [0.4, 0.5) is 0 Å². The zero-order chi connectivity index (χ0) is 11.7. The molecule has 0 aromatic carbocycles. The summed E-state index contributed by atoms with van der Waals surface area (Å²) in [5.41, 5.74) is 0. The topological polar surface area (TPSA) is 38.3 Å². The minimum Gasteiger partial charge on any atom is -0.468 e. The van der Waals surface area contributed by atoms with Gasteiger partial charge >= 0.3 is 5.97 Å². The van der Waals surface area contributed by atoms with Crippen molar-refractivity contribution in [1.29, 1.82) is 0 Å². The van der Waals surface area contributed by atoms with Gasteiger partial charge in [0.05, 0.1) is 7.11 Å². The third-order valence-corrected chi connectivity index (χ3v) is 2.01. The maximum absolute atomic E-state index is 11.4. The molecule has 0 aliphatic heterocycles. The fourth-order valence-corrected chi connectivity index (χ4v) is 1.31. The third kappa shape index (κ3) is 6.98. The number of methoxy groups -OCH3 is 1. The van der Waals surface area contributed by atoms with Crippen LogP contribution in [0.5, 0.6) is 0 Å². The van der Waals surface area contributed by atoms with Crippen molar-refractivity contribution in [3.05, 3.63) is 0 Å². The first-order valence-corrected chi connectivity index (χ1v) is 5.32. The van der Waals surface area contributed by atoms with Crippen LogP contribution in [0.25, 0.3) is 0 Å². The molecule has 0 aromatic rings. The number of ether oxygens (including phenoxy) is 1. The molecule has 0 amide bonds. The van der Waals surface area contributed by atoms with Crippen LogP contribution in [-0.4, -0.2) is 25.7 Å². The summed E-state index contributed by atoms with van der Waals surface area (Å²) in [6.07, 6.45) is 1.56. The van der Waals surface area contributed by atoms with Gasteiger partial charge in [0.15, 0.2) is 0 Å². The molecule has 86 valence electrons. The Morgan fingerprint density at radius 2 is 2.13 bits per heavy atom. The zero-order valence-corrected chi connectivity index (χ0v) is 10.1. The molecule has 0 rings (SSSR count). The predicted molar refractivity (Wildman–Crippen MR) is 61.3 cm³/mol. The maximum atomic E-state index is 11.4. The highest BCUT2D eigenvalue weighted by Gasteiger charge is 2.18. The van der Waals surface area contributed by atoms with Gasteiger partial charge < -0.3 is 10.1 Å². The minimum absolute atomic E-state index is 0.187. The Morgan fingerprint density at radius 3 is 2.60 bits per heavy atom. The summed E-state index contributed by atoms with van der Waals surface area (Å²) in [6, 6.07) is -0.200. The summed E-state index contributed by atoms with van der Waals surface area (Å²) in [7, 11) is 1.42. The molecule has 0 fully saturated rings. The fraction of sp³-hybridized carbons (Fsp3) is 0.750. The lowest BCUT2D eigenvalue weighted by molar-refractivity contribution is -0.143. The minimum atomic E-state index is -0.200. The second kappa shape index (κ2) is 8.31. The van der Waals surface area contributed by atoms with Crippen LogP contribution in [0.1, 0.15) is 33.6 Å². The SMILES string of the molecule is CC#CCCNC(CC(C)C)C(=O)OC. The van der Waals surface area contributed by atoms with Crippen LogP contribution in [0.3, 0.4) is 0 Å². The van der Waals surface area contributed by atoms with Gasteiger partial charge in [0, 0.05) is 13.0 Å². The molecular formula is C12H21NO2. The lowest BCUT2D eigenvalue weighted by Gasteiger charge is -2.17. The predicted octanol–water partition coefficient (Wildman–Crippen LogP) is 1.58. The number of hydrogen-bond acceptors (Lipinski definition) is 3. The third-order valence-electron chi connectivity index (χ3n) is 2.01. The normalized spacial score (nSPS) is 11.8. The average molecular weight is 211 g/mol. The van der Waals surface area contributed by atoms with Gasteiger partial charge in [-0.15, -0.1) is 11.8 Å². The van der Waals surface area contributed by atoms with Gasteiger partial charge in [0.1, 0.15) is 6.04 Å². The molecule has 0 saturated heterocycles. The standard InChI is InChI=1S/C12H21NO2/c1-5-6-7-8-13-11(9-10(2)3)12(14)15-4/h10-11,13H,7-9H2,1-4H3. The van der Waals surface area contributed by atoms with Crippen molar-refractivity contribution in [2.24, 2.45) is 5.92 Å². The van der Waals surface area contributed by atoms with Crippen molar-refractivity contribution in [3.63, 3.8) is 0 Å². The molecular weight excluding hydrogens is 190 g/mol. The number of carbonyl (C=O) groups excluding carboxylic acids is 1. The van der Waals surface area contributed by atoms with Crippen LogP contribution >= 0.6 is 0 Å². The molecule has 0 saturated carbocycles. The summed E-state index contributed by atoms with van der Waals surface area (Å²) >= 11 is 0. The first kappa shape index (κ1) is 14.0. The van der Waals surface area contributed by atoms with E-state index in [4.69, 9.17) is 4.74 Å². The molecule has 0 heterocycles. The number of rotatable bonds is 6. The molecule has 0 bridgehead atoms. The molecule has 1 N–H and O–H groups in total. The Bertz CT molecular complexity index is 238. The molecule has 3 heteroatoms. The molecule has 0 spiro atoms. The number of nitrogens with one attached hydrogen (secondary N) is 1. The van der Waals surface area contributed by atoms with Crippen LogP contribution in [-0.2, 0) is 9.53 Å². The number of carbonyl (C=O) groups is 1. The van der Waals surface area contributed by atoms with Crippen LogP contribution in [0.15, 0.2) is 0 Å². The van der Waals surface area contributed by atoms with Crippen molar-refractivity contribution in [2.45, 2.75) is 39.7 Å². The molecule has 0 aromatic heterocycles. The van der Waals surface area contributed by atoms with E-state index in [1.807, 2.05) is 6.92 Å². The van der Waals surface area contributed by atoms with Crippen LogP contribution in [0, 0.1) is 17.8 Å². The molecule has 1 atom stereocenters. The highest BCUT2D eigenvalue weighted by Crippen LogP contribution is 2.05. The summed E-state index contributed by atoms with van der Waals surface area (Å²) in [5, 5.41) is 3.16. The highest BCUT2D eigenvalue weighted by molar-refractivity contribution is 5.75. The van der Waals surface area contributed by atoms with Gasteiger partial charge in [-0.1, -0.05) is 13.8 Å². The monoisotopic (exact) mass is 211 g/mol. The molecule has 1 unspecified atom stereocenters. The Labute approximate surface area is 92.6 Å². The zero-order valence-electron chi connectivity index (χ0n) is 10.1. The van der Waals surface area contributed by atoms with E-state index in [9.17, 15) is 4.79 Å². The lowest BCUT2D eigenvalue weighted by atomic mass is 10.0. The van der Waals surface area contributed by atoms with Crippen LogP contribution < -0.4 is 5.32 Å². The largest absolute Gasteiger partial charge is 0.468 e. The van der Waals surface area contributed by atoms with E-state index in [0.29, 0.717) is 5.92 Å². The Morgan fingerprint density at radius 1 is 1.47 bits per heavy atom. The average Bonchev–Trinajstić information content (AvgIpc) is 2.21. The first-order valence-electron chi connectivity index (χ1n) is 5.32. The van der Waals surface area contributed by atoms with Crippen molar-refractivity contribution in [3.8, 4) is 11.8 Å². The van der Waals surface area contributed by atoms with Gasteiger partial charge in [0.2, 0.25) is 0 Å². The smallest absolute Gasteiger partial charge is 0.322 e. The summed E-state index contributed by atoms with van der Waals surface area (Å²) < 4.78 is 4.73. The number of hydrogen-bond donors (Lipinski definition) is 1. The molecule has 0 radical (unpaired) electrons. The van der Waals surface area contributed by atoms with Gasteiger partial charge in [0.25, 0.3) is 0 Å². The summed E-state index contributed by atoms with van der Waals surface area (Å²) in [6.45, 7) is 6.71. The Kier molecular flexibility index (Phi) is 7.75. The lowest BCUT2D eigenvalue weighted by Crippen LogP contribution is -2.39. The van der Waals surface area contributed by atoms with E-state index < -0.39 is 0 Å². The van der Waals surface area contributed by atoms with E-state index in [0.717, 1.165) is 19.4 Å². The van der Waals surface area contributed by atoms with E-state index in [1.54, 1.807) is 0 Å². The summed E-state index contributed by atoms with van der Waals surface area (Å²) in [5.74, 6) is 6.05. The van der Waals surface area contributed by atoms with Gasteiger partial charge in [-0.2, -0.15) is 0 Å². The molecule has 3 nitrogen and oxygen atoms in total. The maximum Gasteiger partial charge on any atom is 0.322 e. The molecule has 15 heavy (non-hydrogen) atoms. The summed E-state index contributed by atoms with van der Waals surface area (Å²) in [4.78, 5) is 11.4. The Hall–Kier alpha value is -1.01. The second-order valence-corrected chi connectivity index (χ2v) is 3.84. The molecule has 0 aliphatic carbocycles. The van der Waals surface area contributed by atoms with E-state index in [-0.39, 0.29) is 12.0 Å².